The van der Waals surface area contributed by atoms with Crippen molar-refractivity contribution in [3.63, 3.8) is 0 Å². The van der Waals surface area contributed by atoms with Crippen molar-refractivity contribution < 1.29 is 19.6 Å². The zero-order valence-corrected chi connectivity index (χ0v) is 9.33. The smallest absolute Gasteiger partial charge is 0.304 e. The predicted molar refractivity (Wildman–Crippen MR) is 59.8 cm³/mol. The second kappa shape index (κ2) is 5.83. The molecule has 0 heterocycles. The molecule has 1 atom stereocenters. The molecule has 0 fully saturated rings. The molecule has 0 aliphatic carbocycles. The highest BCUT2D eigenvalue weighted by Gasteiger charge is 2.21. The van der Waals surface area contributed by atoms with Gasteiger partial charge in [-0.25, -0.2) is 0 Å². The van der Waals surface area contributed by atoms with Crippen LogP contribution in [0.25, 0.3) is 0 Å². The first-order valence-corrected chi connectivity index (χ1v) is 5.00. The fourth-order valence-electron chi connectivity index (χ4n) is 1.55. The molecule has 0 saturated carbocycles. The summed E-state index contributed by atoms with van der Waals surface area (Å²) in [6.45, 7) is -0.390. The molecular weight excluding hydrogens is 226 g/mol. The normalized spacial score (nSPS) is 11.8. The minimum Gasteiger partial charge on any atom is -0.497 e. The minimum atomic E-state index is -1.05. The van der Waals surface area contributed by atoms with Gasteiger partial charge in [0.15, 0.2) is 0 Å². The van der Waals surface area contributed by atoms with E-state index in [1.54, 1.807) is 24.3 Å². The van der Waals surface area contributed by atoms with Crippen molar-refractivity contribution in [3.8, 4) is 5.75 Å². The van der Waals surface area contributed by atoms with Gasteiger partial charge in [0.25, 0.3) is 0 Å². The van der Waals surface area contributed by atoms with Gasteiger partial charge < -0.3 is 9.84 Å². The molecule has 1 aromatic rings. The first-order chi connectivity index (χ1) is 8.02. The number of carboxylic acids is 1. The summed E-state index contributed by atoms with van der Waals surface area (Å²) >= 11 is 0. The number of benzene rings is 1. The maximum atomic E-state index is 10.6. The Labute approximate surface area is 98.0 Å². The first-order valence-electron chi connectivity index (χ1n) is 5.00. The van der Waals surface area contributed by atoms with Gasteiger partial charge in [0.1, 0.15) is 5.75 Å². The molecule has 6 nitrogen and oxygen atoms in total. The summed E-state index contributed by atoms with van der Waals surface area (Å²) in [6, 6.07) is 6.61. The van der Waals surface area contributed by atoms with Crippen molar-refractivity contribution in [3.05, 3.63) is 39.9 Å². The Morgan fingerprint density at radius 3 is 2.47 bits per heavy atom. The fraction of sp³-hybridized carbons (Fsp3) is 0.364. The molecule has 0 aromatic heterocycles. The Balaban J connectivity index is 2.86. The van der Waals surface area contributed by atoms with Crippen LogP contribution in [-0.2, 0) is 4.79 Å². The lowest BCUT2D eigenvalue weighted by Crippen LogP contribution is -2.16. The van der Waals surface area contributed by atoms with Crippen molar-refractivity contribution in [2.75, 3.05) is 13.7 Å². The Morgan fingerprint density at radius 1 is 1.47 bits per heavy atom. The van der Waals surface area contributed by atoms with Crippen LogP contribution in [-0.4, -0.2) is 29.7 Å². The summed E-state index contributed by atoms with van der Waals surface area (Å²) in [6.07, 6.45) is -0.257. The molecule has 0 spiro atoms. The van der Waals surface area contributed by atoms with E-state index in [-0.39, 0.29) is 6.42 Å². The van der Waals surface area contributed by atoms with E-state index >= 15 is 0 Å². The van der Waals surface area contributed by atoms with E-state index in [1.165, 1.54) is 7.11 Å². The molecule has 1 rings (SSSR count). The van der Waals surface area contributed by atoms with Crippen LogP contribution < -0.4 is 4.74 Å². The van der Waals surface area contributed by atoms with Gasteiger partial charge in [-0.3, -0.25) is 14.9 Å². The lowest BCUT2D eigenvalue weighted by molar-refractivity contribution is -0.483. The maximum absolute atomic E-state index is 10.6. The Hall–Kier alpha value is -2.11. The minimum absolute atomic E-state index is 0.257. The van der Waals surface area contributed by atoms with E-state index in [4.69, 9.17) is 9.84 Å². The number of rotatable bonds is 6. The molecule has 0 bridgehead atoms. The van der Waals surface area contributed by atoms with Gasteiger partial charge in [-0.2, -0.15) is 0 Å². The quantitative estimate of drug-likeness (QED) is 0.600. The monoisotopic (exact) mass is 239 g/mol. The average Bonchev–Trinajstić information content (AvgIpc) is 2.27. The predicted octanol–water partition coefficient (Wildman–Crippen LogP) is 1.53. The topological polar surface area (TPSA) is 89.7 Å². The summed E-state index contributed by atoms with van der Waals surface area (Å²) < 4.78 is 4.96. The third kappa shape index (κ3) is 4.10. The van der Waals surface area contributed by atoms with Crippen molar-refractivity contribution in [2.24, 2.45) is 0 Å². The third-order valence-corrected chi connectivity index (χ3v) is 2.38. The molecule has 0 radical (unpaired) electrons. The van der Waals surface area contributed by atoms with Gasteiger partial charge in [0.2, 0.25) is 6.54 Å². The molecule has 92 valence electrons. The van der Waals surface area contributed by atoms with Gasteiger partial charge in [0.05, 0.1) is 19.4 Å². The van der Waals surface area contributed by atoms with Gasteiger partial charge in [-0.1, -0.05) is 12.1 Å². The highest BCUT2D eigenvalue weighted by molar-refractivity contribution is 5.68. The van der Waals surface area contributed by atoms with Crippen LogP contribution in [0.4, 0.5) is 0 Å². The van der Waals surface area contributed by atoms with Gasteiger partial charge in [-0.15, -0.1) is 0 Å². The number of nitrogens with zero attached hydrogens (tertiary/aromatic N) is 1. The largest absolute Gasteiger partial charge is 0.497 e. The maximum Gasteiger partial charge on any atom is 0.304 e. The zero-order chi connectivity index (χ0) is 12.8. The second-order valence-electron chi connectivity index (χ2n) is 3.58. The zero-order valence-electron chi connectivity index (χ0n) is 9.33. The van der Waals surface area contributed by atoms with E-state index in [1.807, 2.05) is 0 Å². The lowest BCUT2D eigenvalue weighted by Gasteiger charge is -2.11. The Bertz CT molecular complexity index is 385. The molecule has 0 aliphatic heterocycles. The van der Waals surface area contributed by atoms with Crippen LogP contribution in [0.2, 0.25) is 0 Å². The summed E-state index contributed by atoms with van der Waals surface area (Å²) in [5.41, 5.74) is 0.630. The van der Waals surface area contributed by atoms with Crippen LogP contribution >= 0.6 is 0 Å². The van der Waals surface area contributed by atoms with E-state index in [2.05, 4.69) is 0 Å². The van der Waals surface area contributed by atoms with Gasteiger partial charge >= 0.3 is 5.97 Å². The van der Waals surface area contributed by atoms with E-state index < -0.39 is 23.4 Å². The average molecular weight is 239 g/mol. The molecule has 17 heavy (non-hydrogen) atoms. The summed E-state index contributed by atoms with van der Waals surface area (Å²) in [5.74, 6) is -1.04. The number of carbonyl (C=O) groups is 1. The Morgan fingerprint density at radius 2 is 2.06 bits per heavy atom. The SMILES string of the molecule is COc1ccc(C(CC(=O)O)C[N+](=O)[O-])cc1. The van der Waals surface area contributed by atoms with Crippen LogP contribution in [0, 0.1) is 10.1 Å². The highest BCUT2D eigenvalue weighted by atomic mass is 16.6. The fourth-order valence-corrected chi connectivity index (χ4v) is 1.55. The van der Waals surface area contributed by atoms with Crippen molar-refractivity contribution >= 4 is 5.97 Å². The van der Waals surface area contributed by atoms with Crippen LogP contribution in [0.5, 0.6) is 5.75 Å². The second-order valence-corrected chi connectivity index (χ2v) is 3.58. The number of aliphatic carboxylic acids is 1. The summed E-state index contributed by atoms with van der Waals surface area (Å²) in [7, 11) is 1.51. The van der Waals surface area contributed by atoms with Crippen LogP contribution in [0.1, 0.15) is 17.9 Å². The van der Waals surface area contributed by atoms with E-state index in [9.17, 15) is 14.9 Å². The van der Waals surface area contributed by atoms with Crippen molar-refractivity contribution in [1.82, 2.24) is 0 Å². The number of carboxylic acid groups (broad SMARTS) is 1. The Kier molecular flexibility index (Phi) is 4.45. The number of nitro groups is 1. The third-order valence-electron chi connectivity index (χ3n) is 2.38. The molecule has 1 N–H and O–H groups in total. The number of hydrogen-bond donors (Lipinski definition) is 1. The highest BCUT2D eigenvalue weighted by Crippen LogP contribution is 2.22. The van der Waals surface area contributed by atoms with E-state index in [0.717, 1.165) is 0 Å². The van der Waals surface area contributed by atoms with E-state index in [0.29, 0.717) is 11.3 Å². The van der Waals surface area contributed by atoms with Crippen LogP contribution in [0.3, 0.4) is 0 Å². The first kappa shape index (κ1) is 13.0. The number of hydrogen-bond acceptors (Lipinski definition) is 4. The molecule has 1 aromatic carbocycles. The summed E-state index contributed by atoms with van der Waals surface area (Å²) in [5, 5.41) is 19.2. The number of methoxy groups -OCH3 is 1. The van der Waals surface area contributed by atoms with Gasteiger partial charge in [0, 0.05) is 4.92 Å². The number of ether oxygens (including phenoxy) is 1. The van der Waals surface area contributed by atoms with Crippen molar-refractivity contribution in [1.29, 1.82) is 0 Å². The molecule has 6 heteroatoms. The molecule has 0 amide bonds. The molecule has 1 unspecified atom stereocenters. The summed E-state index contributed by atoms with van der Waals surface area (Å²) in [4.78, 5) is 20.6. The van der Waals surface area contributed by atoms with Gasteiger partial charge in [-0.05, 0) is 17.7 Å². The molecular formula is C11H13NO5. The molecule has 0 saturated heterocycles. The standard InChI is InChI=1S/C11H13NO5/c1-17-10-4-2-8(3-5-10)9(6-11(13)14)7-12(15)16/h2-5,9H,6-7H2,1H3,(H,13,14). The lowest BCUT2D eigenvalue weighted by atomic mass is 9.96. The van der Waals surface area contributed by atoms with Crippen molar-refractivity contribution in [2.45, 2.75) is 12.3 Å². The molecule has 0 aliphatic rings. The van der Waals surface area contributed by atoms with Crippen LogP contribution in [0.15, 0.2) is 24.3 Å².